The second-order valence-electron chi connectivity index (χ2n) is 3.22. The summed E-state index contributed by atoms with van der Waals surface area (Å²) in [6, 6.07) is 0. The zero-order chi connectivity index (χ0) is 10.3. The highest BCUT2D eigenvalue weighted by Gasteiger charge is 2.07. The van der Waals surface area contributed by atoms with Crippen LogP contribution in [0.15, 0.2) is 0 Å². The lowest BCUT2D eigenvalue weighted by Crippen LogP contribution is -2.20. The second-order valence-corrected chi connectivity index (χ2v) is 3.22. The molecule has 0 aliphatic heterocycles. The van der Waals surface area contributed by atoms with E-state index in [-0.39, 0.29) is 17.7 Å². The summed E-state index contributed by atoms with van der Waals surface area (Å²) in [5, 5.41) is 2.55. The van der Waals surface area contributed by atoms with Gasteiger partial charge in [-0.2, -0.15) is 0 Å². The van der Waals surface area contributed by atoms with E-state index in [1.54, 1.807) is 7.05 Å². The van der Waals surface area contributed by atoms with Crippen molar-refractivity contribution in [2.24, 2.45) is 11.7 Å². The molecule has 0 bridgehead atoms. The summed E-state index contributed by atoms with van der Waals surface area (Å²) >= 11 is 0. The molecule has 0 saturated carbocycles. The van der Waals surface area contributed by atoms with Crippen molar-refractivity contribution in [3.63, 3.8) is 0 Å². The number of carbonyl (C=O) groups excluding carboxylic acids is 2. The number of unbranched alkanes of at least 4 members (excludes halogenated alkanes) is 1. The van der Waals surface area contributed by atoms with Crippen LogP contribution in [-0.2, 0) is 9.59 Å². The summed E-state index contributed by atoms with van der Waals surface area (Å²) in [5.74, 6) is -0.295. The van der Waals surface area contributed by atoms with Gasteiger partial charge in [0.25, 0.3) is 0 Å². The molecule has 0 aliphatic rings. The van der Waals surface area contributed by atoms with Crippen molar-refractivity contribution in [1.82, 2.24) is 5.32 Å². The predicted octanol–water partition coefficient (Wildman–Crippen LogP) is 0.414. The quantitative estimate of drug-likeness (QED) is 0.590. The third kappa shape index (κ3) is 6.13. The Morgan fingerprint density at radius 2 is 2.00 bits per heavy atom. The van der Waals surface area contributed by atoms with Crippen LogP contribution in [0.4, 0.5) is 0 Å². The van der Waals surface area contributed by atoms with Crippen LogP contribution in [-0.4, -0.2) is 18.9 Å². The number of nitrogens with one attached hydrogen (secondary N) is 1. The summed E-state index contributed by atoms with van der Waals surface area (Å²) < 4.78 is 0. The molecule has 0 heterocycles. The summed E-state index contributed by atoms with van der Waals surface area (Å²) in [7, 11) is 1.62. The molecule has 2 amide bonds. The Labute approximate surface area is 78.9 Å². The molecule has 0 aromatic rings. The van der Waals surface area contributed by atoms with Crippen molar-refractivity contribution in [3.8, 4) is 0 Å². The minimum Gasteiger partial charge on any atom is -0.369 e. The molecule has 13 heavy (non-hydrogen) atoms. The fourth-order valence-corrected chi connectivity index (χ4v) is 1.00. The number of rotatable bonds is 6. The van der Waals surface area contributed by atoms with Gasteiger partial charge in [-0.1, -0.05) is 13.3 Å². The molecule has 0 aliphatic carbocycles. The lowest BCUT2D eigenvalue weighted by atomic mass is 10.0. The zero-order valence-corrected chi connectivity index (χ0v) is 8.30. The van der Waals surface area contributed by atoms with E-state index in [0.29, 0.717) is 6.42 Å². The van der Waals surface area contributed by atoms with Gasteiger partial charge < -0.3 is 11.1 Å². The van der Waals surface area contributed by atoms with E-state index in [4.69, 9.17) is 5.73 Å². The summed E-state index contributed by atoms with van der Waals surface area (Å²) in [4.78, 5) is 21.4. The van der Waals surface area contributed by atoms with E-state index >= 15 is 0 Å². The smallest absolute Gasteiger partial charge is 0.220 e. The average Bonchev–Trinajstić information content (AvgIpc) is 2.11. The molecule has 0 radical (unpaired) electrons. The topological polar surface area (TPSA) is 72.2 Å². The van der Waals surface area contributed by atoms with Gasteiger partial charge in [0.1, 0.15) is 0 Å². The molecule has 1 atom stereocenters. The maximum absolute atomic E-state index is 10.8. The molecule has 4 heteroatoms. The number of primary amides is 1. The first-order valence-corrected chi connectivity index (χ1v) is 4.57. The third-order valence-corrected chi connectivity index (χ3v) is 2.06. The summed E-state index contributed by atoms with van der Waals surface area (Å²) in [6.07, 6.45) is 2.99. The molecular weight excluding hydrogens is 168 g/mol. The first-order valence-electron chi connectivity index (χ1n) is 4.57. The molecule has 0 spiro atoms. The van der Waals surface area contributed by atoms with Gasteiger partial charge in [-0.15, -0.1) is 0 Å². The van der Waals surface area contributed by atoms with Crippen molar-refractivity contribution in [2.45, 2.75) is 32.6 Å². The van der Waals surface area contributed by atoms with Gasteiger partial charge in [0.15, 0.2) is 0 Å². The van der Waals surface area contributed by atoms with Crippen LogP contribution >= 0.6 is 0 Å². The lowest BCUT2D eigenvalue weighted by Gasteiger charge is -2.05. The maximum atomic E-state index is 10.8. The normalized spacial score (nSPS) is 12.2. The Kier molecular flexibility index (Phi) is 5.93. The van der Waals surface area contributed by atoms with Crippen molar-refractivity contribution in [1.29, 1.82) is 0 Å². The minimum atomic E-state index is -0.264. The lowest BCUT2D eigenvalue weighted by molar-refractivity contribution is -0.121. The third-order valence-electron chi connectivity index (χ3n) is 2.06. The fourth-order valence-electron chi connectivity index (χ4n) is 1.00. The van der Waals surface area contributed by atoms with E-state index < -0.39 is 0 Å². The number of hydrogen-bond donors (Lipinski definition) is 2. The predicted molar refractivity (Wildman–Crippen MR) is 50.9 cm³/mol. The van der Waals surface area contributed by atoms with Crippen LogP contribution in [0.25, 0.3) is 0 Å². The van der Waals surface area contributed by atoms with Gasteiger partial charge in [-0.3, -0.25) is 9.59 Å². The summed E-state index contributed by atoms with van der Waals surface area (Å²) in [6.45, 7) is 1.81. The molecular formula is C9H18N2O2. The van der Waals surface area contributed by atoms with E-state index in [9.17, 15) is 9.59 Å². The zero-order valence-electron chi connectivity index (χ0n) is 8.30. The molecule has 3 N–H and O–H groups in total. The van der Waals surface area contributed by atoms with Crippen molar-refractivity contribution >= 4 is 11.8 Å². The maximum Gasteiger partial charge on any atom is 0.220 e. The number of hydrogen-bond acceptors (Lipinski definition) is 2. The molecule has 1 unspecified atom stereocenters. The highest BCUT2D eigenvalue weighted by atomic mass is 16.1. The van der Waals surface area contributed by atoms with E-state index in [1.165, 1.54) is 0 Å². The van der Waals surface area contributed by atoms with Crippen molar-refractivity contribution in [2.75, 3.05) is 7.05 Å². The monoisotopic (exact) mass is 186 g/mol. The van der Waals surface area contributed by atoms with Crippen LogP contribution in [0.3, 0.4) is 0 Å². The summed E-state index contributed by atoms with van der Waals surface area (Å²) in [5.41, 5.74) is 5.09. The fraction of sp³-hybridized carbons (Fsp3) is 0.778. The molecule has 0 rings (SSSR count). The van der Waals surface area contributed by atoms with Crippen LogP contribution in [0.2, 0.25) is 0 Å². The van der Waals surface area contributed by atoms with Gasteiger partial charge in [0.2, 0.25) is 11.8 Å². The highest BCUT2D eigenvalue weighted by Crippen LogP contribution is 2.08. The standard InChI is InChI=1S/C9H18N2O2/c1-7(9(10)13)5-3-4-6-8(12)11-2/h7H,3-6H2,1-2H3,(H2,10,13)(H,11,12). The molecule has 4 nitrogen and oxygen atoms in total. The first kappa shape index (κ1) is 11.9. The molecule has 76 valence electrons. The van der Waals surface area contributed by atoms with E-state index in [0.717, 1.165) is 19.3 Å². The number of amides is 2. The van der Waals surface area contributed by atoms with Crippen molar-refractivity contribution in [3.05, 3.63) is 0 Å². The van der Waals surface area contributed by atoms with Crippen LogP contribution in [0, 0.1) is 5.92 Å². The molecule has 0 aromatic carbocycles. The first-order chi connectivity index (χ1) is 6.07. The molecule has 0 aromatic heterocycles. The van der Waals surface area contributed by atoms with Crippen LogP contribution < -0.4 is 11.1 Å². The van der Waals surface area contributed by atoms with Crippen LogP contribution in [0.1, 0.15) is 32.6 Å². The van der Waals surface area contributed by atoms with Gasteiger partial charge in [-0.25, -0.2) is 0 Å². The number of carbonyl (C=O) groups is 2. The molecule has 0 fully saturated rings. The average molecular weight is 186 g/mol. The Hall–Kier alpha value is -1.06. The Morgan fingerprint density at radius 1 is 1.38 bits per heavy atom. The highest BCUT2D eigenvalue weighted by molar-refractivity contribution is 5.76. The SMILES string of the molecule is CNC(=O)CCCCC(C)C(N)=O. The van der Waals surface area contributed by atoms with Crippen molar-refractivity contribution < 1.29 is 9.59 Å². The van der Waals surface area contributed by atoms with Gasteiger partial charge in [-0.05, 0) is 12.8 Å². The molecule has 0 saturated heterocycles. The largest absolute Gasteiger partial charge is 0.369 e. The second kappa shape index (κ2) is 6.46. The van der Waals surface area contributed by atoms with Gasteiger partial charge in [0, 0.05) is 19.4 Å². The Bertz CT molecular complexity index is 180. The van der Waals surface area contributed by atoms with Crippen LogP contribution in [0.5, 0.6) is 0 Å². The number of nitrogens with two attached hydrogens (primary N) is 1. The van der Waals surface area contributed by atoms with E-state index in [2.05, 4.69) is 5.32 Å². The minimum absolute atomic E-state index is 0.0479. The van der Waals surface area contributed by atoms with Gasteiger partial charge >= 0.3 is 0 Å². The Morgan fingerprint density at radius 3 is 2.46 bits per heavy atom. The Balaban J connectivity index is 3.35. The van der Waals surface area contributed by atoms with Gasteiger partial charge in [0.05, 0.1) is 0 Å². The van der Waals surface area contributed by atoms with E-state index in [1.807, 2.05) is 6.92 Å².